The van der Waals surface area contributed by atoms with Gasteiger partial charge in [0.05, 0.1) is 7.11 Å². The minimum atomic E-state index is -4.90. The van der Waals surface area contributed by atoms with Crippen LogP contribution in [0.1, 0.15) is 24.4 Å². The Hall–Kier alpha value is -1.64. The smallest absolute Gasteiger partial charge is 0.496 e. The Labute approximate surface area is 116 Å². The van der Waals surface area contributed by atoms with Crippen LogP contribution in [0.5, 0.6) is 11.5 Å². The number of hydrogen-bond acceptors (Lipinski definition) is 3. The second kappa shape index (κ2) is 6.42. The molecule has 0 saturated heterocycles. The molecule has 1 aromatic rings. The number of methoxy groups -OCH3 is 1. The van der Waals surface area contributed by atoms with Crippen molar-refractivity contribution in [2.45, 2.75) is 31.4 Å². The van der Waals surface area contributed by atoms with Crippen LogP contribution in [0.25, 0.3) is 0 Å². The van der Waals surface area contributed by atoms with Crippen molar-refractivity contribution < 1.29 is 35.8 Å². The highest BCUT2D eigenvalue weighted by molar-refractivity contribution is 5.42. The summed E-state index contributed by atoms with van der Waals surface area (Å²) in [6.45, 7) is 0. The average Bonchev–Trinajstić information content (AvgIpc) is 2.33. The zero-order chi connectivity index (χ0) is 16.3. The summed E-state index contributed by atoms with van der Waals surface area (Å²) in [5, 5.41) is 0. The molecule has 1 rings (SSSR count). The van der Waals surface area contributed by atoms with Gasteiger partial charge in [-0.1, -0.05) is 0 Å². The molecule has 0 aliphatic heterocycles. The fraction of sp³-hybridized carbons (Fsp3) is 0.500. The van der Waals surface area contributed by atoms with Crippen LogP contribution < -0.4 is 15.2 Å². The zero-order valence-corrected chi connectivity index (χ0v) is 10.9. The molecule has 0 bridgehead atoms. The van der Waals surface area contributed by atoms with E-state index in [0.29, 0.717) is 0 Å². The fourth-order valence-electron chi connectivity index (χ4n) is 1.67. The van der Waals surface area contributed by atoms with Crippen LogP contribution in [0.2, 0.25) is 0 Å². The highest BCUT2D eigenvalue weighted by atomic mass is 19.4. The summed E-state index contributed by atoms with van der Waals surface area (Å²) in [6, 6.07) is 1.95. The molecule has 0 spiro atoms. The third-order valence-corrected chi connectivity index (χ3v) is 2.57. The first kappa shape index (κ1) is 17.4. The van der Waals surface area contributed by atoms with Gasteiger partial charge in [0.2, 0.25) is 0 Å². The maximum absolute atomic E-state index is 12.2. The molecule has 0 radical (unpaired) electrons. The van der Waals surface area contributed by atoms with Gasteiger partial charge >= 0.3 is 12.5 Å². The summed E-state index contributed by atoms with van der Waals surface area (Å²) in [4.78, 5) is 0. The van der Waals surface area contributed by atoms with Crippen LogP contribution in [0.4, 0.5) is 26.3 Å². The molecule has 3 nitrogen and oxygen atoms in total. The Kier molecular flexibility index (Phi) is 5.32. The number of alkyl halides is 6. The number of rotatable bonds is 5. The van der Waals surface area contributed by atoms with Crippen LogP contribution in [-0.4, -0.2) is 19.6 Å². The van der Waals surface area contributed by atoms with E-state index in [1.807, 2.05) is 0 Å². The molecule has 0 heterocycles. The third kappa shape index (κ3) is 6.11. The van der Waals surface area contributed by atoms with Crippen molar-refractivity contribution >= 4 is 0 Å². The molecule has 0 unspecified atom stereocenters. The zero-order valence-electron chi connectivity index (χ0n) is 10.9. The van der Waals surface area contributed by atoms with Crippen molar-refractivity contribution in [1.29, 1.82) is 0 Å². The summed E-state index contributed by atoms with van der Waals surface area (Å²) < 4.78 is 81.4. The molecule has 9 heteroatoms. The molecule has 0 saturated carbocycles. The van der Waals surface area contributed by atoms with E-state index in [9.17, 15) is 26.3 Å². The topological polar surface area (TPSA) is 44.5 Å². The lowest BCUT2D eigenvalue weighted by atomic mass is 10.0. The second-order valence-electron chi connectivity index (χ2n) is 4.21. The molecule has 0 amide bonds. The predicted octanol–water partition coefficient (Wildman–Crippen LogP) is 3.94. The number of ether oxygens (including phenoxy) is 2. The van der Waals surface area contributed by atoms with Crippen LogP contribution in [0, 0.1) is 0 Å². The molecule has 0 fully saturated rings. The molecular weight excluding hydrogens is 304 g/mol. The van der Waals surface area contributed by atoms with Crippen molar-refractivity contribution in [1.82, 2.24) is 0 Å². The van der Waals surface area contributed by atoms with Crippen LogP contribution >= 0.6 is 0 Å². The van der Waals surface area contributed by atoms with Gasteiger partial charge in [0, 0.05) is 18.0 Å². The van der Waals surface area contributed by atoms with E-state index in [1.165, 1.54) is 7.11 Å². The van der Waals surface area contributed by atoms with Gasteiger partial charge in [-0.15, -0.1) is 13.2 Å². The first-order valence-corrected chi connectivity index (χ1v) is 5.78. The van der Waals surface area contributed by atoms with Gasteiger partial charge in [0.1, 0.15) is 11.5 Å². The maximum Gasteiger partial charge on any atom is 0.573 e. The van der Waals surface area contributed by atoms with E-state index in [-0.39, 0.29) is 11.3 Å². The van der Waals surface area contributed by atoms with E-state index in [4.69, 9.17) is 10.5 Å². The molecule has 1 atom stereocenters. The van der Waals surface area contributed by atoms with Crippen molar-refractivity contribution in [3.05, 3.63) is 23.8 Å². The molecule has 120 valence electrons. The summed E-state index contributed by atoms with van der Waals surface area (Å²) in [5.41, 5.74) is 5.61. The Morgan fingerprint density at radius 1 is 1.14 bits per heavy atom. The normalized spacial score (nSPS) is 13.9. The largest absolute Gasteiger partial charge is 0.573 e. The minimum Gasteiger partial charge on any atom is -0.496 e. The number of hydrogen-bond donors (Lipinski definition) is 1. The lowest BCUT2D eigenvalue weighted by Crippen LogP contribution is -2.19. The molecule has 0 aliphatic rings. The van der Waals surface area contributed by atoms with Crippen LogP contribution in [-0.2, 0) is 0 Å². The number of benzene rings is 1. The number of nitrogens with two attached hydrogens (primary N) is 1. The Morgan fingerprint density at radius 2 is 1.76 bits per heavy atom. The highest BCUT2D eigenvalue weighted by Crippen LogP contribution is 2.34. The third-order valence-electron chi connectivity index (χ3n) is 2.57. The quantitative estimate of drug-likeness (QED) is 0.837. The Bertz CT molecular complexity index is 472. The lowest BCUT2D eigenvalue weighted by molar-refractivity contribution is -0.274. The van der Waals surface area contributed by atoms with Crippen LogP contribution in [0.3, 0.4) is 0 Å². The monoisotopic (exact) mass is 317 g/mol. The molecule has 0 aromatic heterocycles. The lowest BCUT2D eigenvalue weighted by Gasteiger charge is -2.18. The Balaban J connectivity index is 2.94. The van der Waals surface area contributed by atoms with Gasteiger partial charge in [0.15, 0.2) is 0 Å². The van der Waals surface area contributed by atoms with Crippen molar-refractivity contribution in [3.8, 4) is 11.5 Å². The van der Waals surface area contributed by atoms with E-state index < -0.39 is 37.2 Å². The van der Waals surface area contributed by atoms with Crippen molar-refractivity contribution in [2.75, 3.05) is 7.11 Å². The van der Waals surface area contributed by atoms with Crippen molar-refractivity contribution in [2.24, 2.45) is 5.73 Å². The molecule has 2 N–H and O–H groups in total. The van der Waals surface area contributed by atoms with Gasteiger partial charge in [-0.25, -0.2) is 0 Å². The molecular formula is C12H13F6NO2. The van der Waals surface area contributed by atoms with E-state index >= 15 is 0 Å². The first-order valence-electron chi connectivity index (χ1n) is 5.78. The predicted molar refractivity (Wildman–Crippen MR) is 61.9 cm³/mol. The molecule has 0 aliphatic carbocycles. The standard InChI is InChI=1S/C12H13F6NO2/c1-20-10-3-2-7(21-12(16,17)18)6-8(10)9(19)4-5-11(13,14)15/h2-3,6,9H,4-5,19H2,1H3/t9-/m1/s1. The fourth-order valence-corrected chi connectivity index (χ4v) is 1.67. The summed E-state index contributed by atoms with van der Waals surface area (Å²) in [7, 11) is 1.24. The van der Waals surface area contributed by atoms with Gasteiger partial charge in [0.25, 0.3) is 0 Å². The van der Waals surface area contributed by atoms with Gasteiger partial charge < -0.3 is 15.2 Å². The molecule has 1 aromatic carbocycles. The second-order valence-corrected chi connectivity index (χ2v) is 4.21. The van der Waals surface area contributed by atoms with Gasteiger partial charge in [-0.05, 0) is 24.6 Å². The SMILES string of the molecule is COc1ccc(OC(F)(F)F)cc1[C@H](N)CCC(F)(F)F. The van der Waals surface area contributed by atoms with Crippen LogP contribution in [0.15, 0.2) is 18.2 Å². The maximum atomic E-state index is 12.2. The molecule has 21 heavy (non-hydrogen) atoms. The van der Waals surface area contributed by atoms with Gasteiger partial charge in [-0.2, -0.15) is 13.2 Å². The van der Waals surface area contributed by atoms with Gasteiger partial charge in [-0.3, -0.25) is 0 Å². The Morgan fingerprint density at radius 3 is 2.24 bits per heavy atom. The van der Waals surface area contributed by atoms with E-state index in [0.717, 1.165) is 18.2 Å². The minimum absolute atomic E-state index is 0.0171. The summed E-state index contributed by atoms with van der Waals surface area (Å²) >= 11 is 0. The first-order chi connectivity index (χ1) is 9.52. The van der Waals surface area contributed by atoms with E-state index in [1.54, 1.807) is 0 Å². The summed E-state index contributed by atoms with van der Waals surface area (Å²) in [5.74, 6) is -0.472. The number of halogens is 6. The van der Waals surface area contributed by atoms with Crippen molar-refractivity contribution in [3.63, 3.8) is 0 Å². The summed E-state index contributed by atoms with van der Waals surface area (Å²) in [6.07, 6.45) is -10.9. The van der Waals surface area contributed by atoms with E-state index in [2.05, 4.69) is 4.74 Å². The average molecular weight is 317 g/mol. The highest BCUT2D eigenvalue weighted by Gasteiger charge is 2.32.